The molecule has 0 radical (unpaired) electrons. The lowest BCUT2D eigenvalue weighted by atomic mass is 9.98. The summed E-state index contributed by atoms with van der Waals surface area (Å²) < 4.78 is 42.2. The van der Waals surface area contributed by atoms with Crippen LogP contribution in [-0.2, 0) is 30.6 Å². The standard InChI is InChI=1S/C27H24ClF3N4O3/c1-2-34(26(38)32-14-17-7-4-3-5-8-17)15-18-13-19(27(29,30)31)11-12-20(18)25-24-21(28)9-6-10-22(24)35(33-25)16-23(36)37/h3-13H,2,14-16H2,1H3,(H,32,38)(H,36,37). The molecule has 0 aliphatic heterocycles. The number of nitrogens with zero attached hydrogens (tertiary/aromatic N) is 3. The summed E-state index contributed by atoms with van der Waals surface area (Å²) in [6, 6.07) is 16.9. The van der Waals surface area contributed by atoms with Crippen LogP contribution in [0.4, 0.5) is 18.0 Å². The van der Waals surface area contributed by atoms with E-state index in [1.165, 1.54) is 15.6 Å². The lowest BCUT2D eigenvalue weighted by molar-refractivity contribution is -0.138. The van der Waals surface area contributed by atoms with Gasteiger partial charge in [0.15, 0.2) is 0 Å². The first-order valence-corrected chi connectivity index (χ1v) is 12.1. The van der Waals surface area contributed by atoms with Gasteiger partial charge in [0.25, 0.3) is 0 Å². The summed E-state index contributed by atoms with van der Waals surface area (Å²) in [6.45, 7) is 1.60. The van der Waals surface area contributed by atoms with Gasteiger partial charge < -0.3 is 15.3 Å². The van der Waals surface area contributed by atoms with Gasteiger partial charge in [-0.15, -0.1) is 0 Å². The molecule has 0 unspecified atom stereocenters. The predicted molar refractivity (Wildman–Crippen MR) is 138 cm³/mol. The lowest BCUT2D eigenvalue weighted by Crippen LogP contribution is -2.39. The Kier molecular flexibility index (Phi) is 7.91. The number of rotatable bonds is 8. The quantitative estimate of drug-likeness (QED) is 0.277. The highest BCUT2D eigenvalue weighted by molar-refractivity contribution is 6.36. The van der Waals surface area contributed by atoms with Crippen LogP contribution in [0, 0.1) is 0 Å². The van der Waals surface area contributed by atoms with Gasteiger partial charge >= 0.3 is 18.2 Å². The molecular formula is C27H24ClF3N4O3. The van der Waals surface area contributed by atoms with E-state index in [2.05, 4.69) is 10.4 Å². The number of carboxylic acids is 1. The Morgan fingerprint density at radius 3 is 2.47 bits per heavy atom. The number of hydrogen-bond acceptors (Lipinski definition) is 3. The molecule has 2 amide bonds. The SMILES string of the molecule is CCN(Cc1cc(C(F)(F)F)ccc1-c1nn(CC(=O)O)c2cccc(Cl)c12)C(=O)NCc1ccccc1. The molecule has 4 rings (SSSR count). The van der Waals surface area contributed by atoms with Crippen LogP contribution < -0.4 is 5.32 Å². The number of fused-ring (bicyclic) bond motifs is 1. The fourth-order valence-corrected chi connectivity index (χ4v) is 4.43. The minimum absolute atomic E-state index is 0.145. The Balaban J connectivity index is 1.76. The summed E-state index contributed by atoms with van der Waals surface area (Å²) >= 11 is 6.45. The van der Waals surface area contributed by atoms with Crippen molar-refractivity contribution in [1.29, 1.82) is 0 Å². The molecule has 38 heavy (non-hydrogen) atoms. The molecule has 11 heteroatoms. The van der Waals surface area contributed by atoms with Crippen molar-refractivity contribution in [3.8, 4) is 11.3 Å². The van der Waals surface area contributed by atoms with E-state index in [9.17, 15) is 27.9 Å². The Hall–Kier alpha value is -4.05. The van der Waals surface area contributed by atoms with E-state index in [1.54, 1.807) is 25.1 Å². The van der Waals surface area contributed by atoms with Crippen LogP contribution in [0.2, 0.25) is 5.02 Å². The average molecular weight is 545 g/mol. The van der Waals surface area contributed by atoms with Crippen molar-refractivity contribution >= 4 is 34.5 Å². The van der Waals surface area contributed by atoms with Crippen LogP contribution in [0.5, 0.6) is 0 Å². The summed E-state index contributed by atoms with van der Waals surface area (Å²) in [5.74, 6) is -1.14. The summed E-state index contributed by atoms with van der Waals surface area (Å²) in [4.78, 5) is 25.8. The van der Waals surface area contributed by atoms with Gasteiger partial charge in [0.05, 0.1) is 16.1 Å². The number of aliphatic carboxylic acids is 1. The van der Waals surface area contributed by atoms with Gasteiger partial charge in [-0.2, -0.15) is 18.3 Å². The van der Waals surface area contributed by atoms with Gasteiger partial charge in [0, 0.05) is 30.6 Å². The van der Waals surface area contributed by atoms with Crippen molar-refractivity contribution in [1.82, 2.24) is 20.0 Å². The molecule has 1 aromatic heterocycles. The Bertz CT molecular complexity index is 1470. The van der Waals surface area contributed by atoms with Crippen molar-refractivity contribution < 1.29 is 27.9 Å². The van der Waals surface area contributed by atoms with Gasteiger partial charge in [0.2, 0.25) is 0 Å². The molecule has 0 fully saturated rings. The molecule has 2 N–H and O–H groups in total. The summed E-state index contributed by atoms with van der Waals surface area (Å²) in [6.07, 6.45) is -4.61. The highest BCUT2D eigenvalue weighted by Crippen LogP contribution is 2.38. The van der Waals surface area contributed by atoms with Crippen molar-refractivity contribution in [2.75, 3.05) is 6.54 Å². The molecule has 4 aromatic rings. The zero-order chi connectivity index (χ0) is 27.4. The maximum absolute atomic E-state index is 13.7. The van der Waals surface area contributed by atoms with E-state index < -0.39 is 30.3 Å². The largest absolute Gasteiger partial charge is 0.480 e. The van der Waals surface area contributed by atoms with E-state index in [1.807, 2.05) is 30.3 Å². The fraction of sp³-hybridized carbons (Fsp3) is 0.222. The van der Waals surface area contributed by atoms with Crippen LogP contribution >= 0.6 is 11.6 Å². The van der Waals surface area contributed by atoms with Crippen LogP contribution in [0.25, 0.3) is 22.2 Å². The van der Waals surface area contributed by atoms with E-state index >= 15 is 0 Å². The number of carboxylic acid groups (broad SMARTS) is 1. The first-order valence-electron chi connectivity index (χ1n) is 11.7. The number of urea groups is 1. The number of halogens is 4. The molecule has 0 saturated carbocycles. The van der Waals surface area contributed by atoms with Crippen LogP contribution in [0.1, 0.15) is 23.6 Å². The van der Waals surface area contributed by atoms with Gasteiger partial charge in [-0.1, -0.05) is 54.1 Å². The molecule has 0 bridgehead atoms. The Morgan fingerprint density at radius 1 is 1.08 bits per heavy atom. The van der Waals surface area contributed by atoms with Crippen LogP contribution in [0.3, 0.4) is 0 Å². The van der Waals surface area contributed by atoms with Crippen LogP contribution in [0.15, 0.2) is 66.7 Å². The zero-order valence-corrected chi connectivity index (χ0v) is 21.1. The van der Waals surface area contributed by atoms with Crippen LogP contribution in [-0.4, -0.2) is 38.3 Å². The van der Waals surface area contributed by atoms with Crippen molar-refractivity contribution in [3.63, 3.8) is 0 Å². The molecule has 0 spiro atoms. The van der Waals surface area contributed by atoms with Crippen molar-refractivity contribution in [3.05, 3.63) is 88.4 Å². The second-order valence-electron chi connectivity index (χ2n) is 8.56. The highest BCUT2D eigenvalue weighted by atomic mass is 35.5. The number of carbonyl (C=O) groups excluding carboxylic acids is 1. The molecule has 0 aliphatic rings. The minimum Gasteiger partial charge on any atom is -0.480 e. The summed E-state index contributed by atoms with van der Waals surface area (Å²) in [5.41, 5.74) is 1.16. The number of alkyl halides is 3. The molecule has 198 valence electrons. The monoisotopic (exact) mass is 544 g/mol. The molecule has 3 aromatic carbocycles. The van der Waals surface area contributed by atoms with Gasteiger partial charge in [0.1, 0.15) is 12.2 Å². The Morgan fingerprint density at radius 2 is 1.82 bits per heavy atom. The number of aromatic nitrogens is 2. The van der Waals surface area contributed by atoms with Crippen molar-refractivity contribution in [2.45, 2.75) is 32.7 Å². The van der Waals surface area contributed by atoms with E-state index in [-0.39, 0.29) is 35.9 Å². The number of nitrogens with one attached hydrogen (secondary N) is 1. The first-order chi connectivity index (χ1) is 18.1. The molecule has 0 saturated heterocycles. The number of amides is 2. The molecular weight excluding hydrogens is 521 g/mol. The van der Waals surface area contributed by atoms with E-state index in [0.717, 1.165) is 17.7 Å². The van der Waals surface area contributed by atoms with Crippen molar-refractivity contribution in [2.24, 2.45) is 0 Å². The number of hydrogen-bond donors (Lipinski definition) is 2. The minimum atomic E-state index is -4.61. The first kappa shape index (κ1) is 27.0. The maximum Gasteiger partial charge on any atom is 0.416 e. The molecule has 0 atom stereocenters. The molecule has 0 aliphatic carbocycles. The second kappa shape index (κ2) is 11.1. The average Bonchev–Trinajstić information content (AvgIpc) is 3.24. The second-order valence-corrected chi connectivity index (χ2v) is 8.97. The summed E-state index contributed by atoms with van der Waals surface area (Å²) in [7, 11) is 0. The third kappa shape index (κ3) is 5.91. The Labute approximate surface area is 221 Å². The van der Waals surface area contributed by atoms with Gasteiger partial charge in [-0.05, 0) is 42.3 Å². The predicted octanol–water partition coefficient (Wildman–Crippen LogP) is 6.19. The summed E-state index contributed by atoms with van der Waals surface area (Å²) in [5, 5.41) is 17.2. The van der Waals surface area contributed by atoms with Gasteiger partial charge in [-0.25, -0.2) is 4.79 Å². The smallest absolute Gasteiger partial charge is 0.416 e. The van der Waals surface area contributed by atoms with E-state index in [4.69, 9.17) is 11.6 Å². The number of benzene rings is 3. The maximum atomic E-state index is 13.7. The zero-order valence-electron chi connectivity index (χ0n) is 20.3. The highest BCUT2D eigenvalue weighted by Gasteiger charge is 2.32. The van der Waals surface area contributed by atoms with E-state index in [0.29, 0.717) is 16.5 Å². The lowest BCUT2D eigenvalue weighted by Gasteiger charge is -2.23. The number of carbonyl (C=O) groups is 2. The third-order valence-corrected chi connectivity index (χ3v) is 6.33. The normalized spacial score (nSPS) is 11.5. The molecule has 7 nitrogen and oxygen atoms in total. The van der Waals surface area contributed by atoms with Gasteiger partial charge in [-0.3, -0.25) is 9.48 Å². The topological polar surface area (TPSA) is 87.5 Å². The third-order valence-electron chi connectivity index (χ3n) is 6.02. The molecule has 1 heterocycles. The fourth-order valence-electron chi connectivity index (χ4n) is 4.17.